The van der Waals surface area contributed by atoms with Gasteiger partial charge in [-0.2, -0.15) is 0 Å². The van der Waals surface area contributed by atoms with Gasteiger partial charge < -0.3 is 10.1 Å². The molecule has 1 aromatic rings. The lowest BCUT2D eigenvalue weighted by atomic mass is 10.0. The molecule has 2 nitrogen and oxygen atoms in total. The first-order valence-electron chi connectivity index (χ1n) is 6.54. The minimum absolute atomic E-state index is 0.687. The zero-order valence-electron chi connectivity index (χ0n) is 11.1. The maximum atomic E-state index is 5.17. The van der Waals surface area contributed by atoms with Crippen molar-refractivity contribution in [3.05, 3.63) is 29.8 Å². The molecule has 1 aliphatic carbocycles. The summed E-state index contributed by atoms with van der Waals surface area (Å²) in [5, 5.41) is 3.46. The third-order valence-electron chi connectivity index (χ3n) is 3.96. The largest absolute Gasteiger partial charge is 0.497 e. The minimum Gasteiger partial charge on any atom is -0.497 e. The fourth-order valence-corrected chi connectivity index (χ4v) is 2.60. The molecule has 1 fully saturated rings. The Hall–Kier alpha value is -1.02. The predicted octanol–water partition coefficient (Wildman–Crippen LogP) is 2.87. The number of hydrogen-bond acceptors (Lipinski definition) is 2. The molecule has 0 saturated heterocycles. The number of hydrogen-bond donors (Lipinski definition) is 1. The van der Waals surface area contributed by atoms with Crippen LogP contribution in [0.3, 0.4) is 0 Å². The topological polar surface area (TPSA) is 21.3 Å². The summed E-state index contributed by atoms with van der Waals surface area (Å²) in [6, 6.07) is 9.11. The summed E-state index contributed by atoms with van der Waals surface area (Å²) in [5.74, 6) is 2.76. The van der Waals surface area contributed by atoms with E-state index in [1.807, 2.05) is 12.1 Å². The SMILES string of the molecule is CNC(CCc1ccc(OC)cc1)C1CC1C. The van der Waals surface area contributed by atoms with Crippen LogP contribution in [0.1, 0.15) is 25.3 Å². The molecule has 94 valence electrons. The van der Waals surface area contributed by atoms with Crippen molar-refractivity contribution in [2.75, 3.05) is 14.2 Å². The molecule has 0 heterocycles. The molecule has 1 N–H and O–H groups in total. The molecule has 0 radical (unpaired) electrons. The van der Waals surface area contributed by atoms with Crippen LogP contribution >= 0.6 is 0 Å². The quantitative estimate of drug-likeness (QED) is 0.815. The van der Waals surface area contributed by atoms with Crippen molar-refractivity contribution in [3.8, 4) is 5.75 Å². The lowest BCUT2D eigenvalue weighted by Gasteiger charge is -2.15. The van der Waals surface area contributed by atoms with Crippen molar-refractivity contribution in [2.24, 2.45) is 11.8 Å². The summed E-state index contributed by atoms with van der Waals surface area (Å²) in [7, 11) is 3.80. The molecule has 0 aromatic heterocycles. The van der Waals surface area contributed by atoms with Crippen molar-refractivity contribution in [3.63, 3.8) is 0 Å². The van der Waals surface area contributed by atoms with Crippen LogP contribution in [-0.4, -0.2) is 20.2 Å². The Morgan fingerprint density at radius 3 is 2.47 bits per heavy atom. The van der Waals surface area contributed by atoms with Crippen LogP contribution in [0.15, 0.2) is 24.3 Å². The summed E-state index contributed by atoms with van der Waals surface area (Å²) in [6.07, 6.45) is 3.78. The molecule has 1 aromatic carbocycles. The highest BCUT2D eigenvalue weighted by molar-refractivity contribution is 5.27. The van der Waals surface area contributed by atoms with Gasteiger partial charge in [-0.1, -0.05) is 19.1 Å². The molecular formula is C15H23NO. The van der Waals surface area contributed by atoms with Gasteiger partial charge in [0.15, 0.2) is 0 Å². The van der Waals surface area contributed by atoms with Gasteiger partial charge in [-0.3, -0.25) is 0 Å². The van der Waals surface area contributed by atoms with Crippen LogP contribution in [0.4, 0.5) is 0 Å². The van der Waals surface area contributed by atoms with E-state index in [9.17, 15) is 0 Å². The van der Waals surface area contributed by atoms with E-state index >= 15 is 0 Å². The highest BCUT2D eigenvalue weighted by atomic mass is 16.5. The normalized spacial score (nSPS) is 24.4. The molecule has 0 aliphatic heterocycles. The molecule has 0 bridgehead atoms. The molecule has 3 unspecified atom stereocenters. The van der Waals surface area contributed by atoms with Gasteiger partial charge in [0.1, 0.15) is 5.75 Å². The van der Waals surface area contributed by atoms with Crippen molar-refractivity contribution in [2.45, 2.75) is 32.2 Å². The number of aryl methyl sites for hydroxylation is 1. The van der Waals surface area contributed by atoms with Crippen molar-refractivity contribution >= 4 is 0 Å². The molecule has 3 atom stereocenters. The zero-order chi connectivity index (χ0) is 12.3. The second-order valence-electron chi connectivity index (χ2n) is 5.16. The van der Waals surface area contributed by atoms with E-state index in [2.05, 4.69) is 31.4 Å². The first-order chi connectivity index (χ1) is 8.24. The monoisotopic (exact) mass is 233 g/mol. The van der Waals surface area contributed by atoms with Crippen LogP contribution in [0.5, 0.6) is 5.75 Å². The molecule has 2 heteroatoms. The van der Waals surface area contributed by atoms with E-state index in [4.69, 9.17) is 4.74 Å². The van der Waals surface area contributed by atoms with Gasteiger partial charge in [-0.25, -0.2) is 0 Å². The van der Waals surface area contributed by atoms with Crippen LogP contribution in [0.2, 0.25) is 0 Å². The van der Waals surface area contributed by atoms with Crippen molar-refractivity contribution in [1.29, 1.82) is 0 Å². The Balaban J connectivity index is 1.83. The number of ether oxygens (including phenoxy) is 1. The Kier molecular flexibility index (Phi) is 4.06. The highest BCUT2D eigenvalue weighted by Gasteiger charge is 2.38. The van der Waals surface area contributed by atoms with E-state index in [1.165, 1.54) is 18.4 Å². The van der Waals surface area contributed by atoms with Gasteiger partial charge in [-0.05, 0) is 55.8 Å². The Morgan fingerprint density at radius 2 is 2.00 bits per heavy atom. The van der Waals surface area contributed by atoms with Gasteiger partial charge in [0, 0.05) is 6.04 Å². The average molecular weight is 233 g/mol. The summed E-state index contributed by atoms with van der Waals surface area (Å²) in [5.41, 5.74) is 1.40. The molecule has 0 amide bonds. The van der Waals surface area contributed by atoms with Gasteiger partial charge in [0.05, 0.1) is 7.11 Å². The summed E-state index contributed by atoms with van der Waals surface area (Å²) in [6.45, 7) is 2.35. The molecule has 1 saturated carbocycles. The number of rotatable bonds is 6. The van der Waals surface area contributed by atoms with E-state index in [1.54, 1.807) is 7.11 Å². The van der Waals surface area contributed by atoms with Gasteiger partial charge >= 0.3 is 0 Å². The number of benzene rings is 1. The third kappa shape index (κ3) is 3.22. The lowest BCUT2D eigenvalue weighted by Crippen LogP contribution is -2.28. The fourth-order valence-electron chi connectivity index (χ4n) is 2.60. The molecular weight excluding hydrogens is 210 g/mol. The van der Waals surface area contributed by atoms with Gasteiger partial charge in [0.2, 0.25) is 0 Å². The first kappa shape index (κ1) is 12.4. The fraction of sp³-hybridized carbons (Fsp3) is 0.600. The van der Waals surface area contributed by atoms with E-state index in [0.29, 0.717) is 6.04 Å². The van der Waals surface area contributed by atoms with Crippen LogP contribution in [0.25, 0.3) is 0 Å². The smallest absolute Gasteiger partial charge is 0.118 e. The average Bonchev–Trinajstić information content (AvgIpc) is 3.08. The van der Waals surface area contributed by atoms with E-state index < -0.39 is 0 Å². The second kappa shape index (κ2) is 5.54. The second-order valence-corrected chi connectivity index (χ2v) is 5.16. The standard InChI is InChI=1S/C15H23NO/c1-11-10-14(11)15(16-2)9-6-12-4-7-13(17-3)8-5-12/h4-5,7-8,11,14-16H,6,9-10H2,1-3H3. The first-order valence-corrected chi connectivity index (χ1v) is 6.54. The Morgan fingerprint density at radius 1 is 1.35 bits per heavy atom. The van der Waals surface area contributed by atoms with Crippen LogP contribution < -0.4 is 10.1 Å². The molecule has 17 heavy (non-hydrogen) atoms. The maximum Gasteiger partial charge on any atom is 0.118 e. The summed E-state index contributed by atoms with van der Waals surface area (Å²) >= 11 is 0. The summed E-state index contributed by atoms with van der Waals surface area (Å²) < 4.78 is 5.17. The lowest BCUT2D eigenvalue weighted by molar-refractivity contribution is 0.414. The van der Waals surface area contributed by atoms with E-state index in [0.717, 1.165) is 24.0 Å². The molecule has 2 rings (SSSR count). The third-order valence-corrected chi connectivity index (χ3v) is 3.96. The van der Waals surface area contributed by atoms with Crippen LogP contribution in [0, 0.1) is 11.8 Å². The molecule has 1 aliphatic rings. The Labute approximate surface area is 104 Å². The maximum absolute atomic E-state index is 5.17. The number of nitrogens with one attached hydrogen (secondary N) is 1. The van der Waals surface area contributed by atoms with E-state index in [-0.39, 0.29) is 0 Å². The molecule has 0 spiro atoms. The predicted molar refractivity (Wildman–Crippen MR) is 71.4 cm³/mol. The Bertz CT molecular complexity index is 346. The van der Waals surface area contributed by atoms with Crippen molar-refractivity contribution in [1.82, 2.24) is 5.32 Å². The summed E-state index contributed by atoms with van der Waals surface area (Å²) in [4.78, 5) is 0. The minimum atomic E-state index is 0.687. The van der Waals surface area contributed by atoms with Gasteiger partial charge in [-0.15, -0.1) is 0 Å². The van der Waals surface area contributed by atoms with Crippen molar-refractivity contribution < 1.29 is 4.74 Å². The van der Waals surface area contributed by atoms with Gasteiger partial charge in [0.25, 0.3) is 0 Å². The zero-order valence-corrected chi connectivity index (χ0v) is 11.1. The highest BCUT2D eigenvalue weighted by Crippen LogP contribution is 2.41. The van der Waals surface area contributed by atoms with Crippen LogP contribution in [-0.2, 0) is 6.42 Å². The number of methoxy groups -OCH3 is 1.